The van der Waals surface area contributed by atoms with Gasteiger partial charge in [0.15, 0.2) is 0 Å². The minimum atomic E-state index is -0.172. The standard InChI is InChI=1S/C19H30FNO2/c1-3-4-11-23-17-12-15(2)18(19(20)13-17)8-10-21-9-6-5-7-16(21)14-22/h12-13,16,22H,3-11,14H2,1-2H3/t16-/m0/s1. The average molecular weight is 323 g/mol. The third kappa shape index (κ3) is 5.18. The zero-order chi connectivity index (χ0) is 16.7. The number of rotatable bonds is 8. The third-order valence-corrected chi connectivity index (χ3v) is 4.77. The van der Waals surface area contributed by atoms with Crippen molar-refractivity contribution in [2.45, 2.75) is 58.4 Å². The van der Waals surface area contributed by atoms with Crippen molar-refractivity contribution in [3.63, 3.8) is 0 Å². The van der Waals surface area contributed by atoms with E-state index >= 15 is 0 Å². The Bertz CT molecular complexity index is 469. The maximum Gasteiger partial charge on any atom is 0.130 e. The minimum absolute atomic E-state index is 0.172. The predicted octanol–water partition coefficient (Wildman–Crippen LogP) is 3.70. The highest BCUT2D eigenvalue weighted by Gasteiger charge is 2.21. The molecule has 1 atom stereocenters. The van der Waals surface area contributed by atoms with Crippen LogP contribution in [0.25, 0.3) is 0 Å². The molecule has 1 heterocycles. The molecular weight excluding hydrogens is 293 g/mol. The maximum atomic E-state index is 14.4. The third-order valence-electron chi connectivity index (χ3n) is 4.77. The van der Waals surface area contributed by atoms with Crippen molar-refractivity contribution >= 4 is 0 Å². The molecule has 1 saturated heterocycles. The van der Waals surface area contributed by atoms with Crippen LogP contribution in [0.15, 0.2) is 12.1 Å². The number of likely N-dealkylation sites (tertiary alicyclic amines) is 1. The first-order valence-electron chi connectivity index (χ1n) is 8.92. The molecule has 1 aliphatic heterocycles. The first-order valence-corrected chi connectivity index (χ1v) is 8.92. The van der Waals surface area contributed by atoms with Crippen molar-refractivity contribution in [3.05, 3.63) is 29.1 Å². The van der Waals surface area contributed by atoms with Crippen LogP contribution in [0.5, 0.6) is 5.75 Å². The number of hydrogen-bond acceptors (Lipinski definition) is 3. The Kier molecular flexibility index (Phi) is 7.31. The largest absolute Gasteiger partial charge is 0.493 e. The van der Waals surface area contributed by atoms with Crippen LogP contribution in [0.2, 0.25) is 0 Å². The molecule has 0 saturated carbocycles. The van der Waals surface area contributed by atoms with Crippen LogP contribution in [-0.4, -0.2) is 42.4 Å². The highest BCUT2D eigenvalue weighted by Crippen LogP contribution is 2.23. The Morgan fingerprint density at radius 1 is 1.35 bits per heavy atom. The van der Waals surface area contributed by atoms with E-state index in [-0.39, 0.29) is 18.5 Å². The number of unbranched alkanes of at least 4 members (excludes halogenated alkanes) is 1. The van der Waals surface area contributed by atoms with E-state index in [0.717, 1.165) is 43.5 Å². The SMILES string of the molecule is CCCCOc1cc(C)c(CCN2CCCC[C@H]2CO)c(F)c1. The van der Waals surface area contributed by atoms with E-state index in [2.05, 4.69) is 11.8 Å². The summed E-state index contributed by atoms with van der Waals surface area (Å²) in [5, 5.41) is 9.47. The van der Waals surface area contributed by atoms with Gasteiger partial charge in [-0.1, -0.05) is 19.8 Å². The number of nitrogens with zero attached hydrogens (tertiary/aromatic N) is 1. The average Bonchev–Trinajstić information content (AvgIpc) is 2.54. The smallest absolute Gasteiger partial charge is 0.130 e. The van der Waals surface area contributed by atoms with Gasteiger partial charge in [-0.15, -0.1) is 0 Å². The Labute approximate surface area is 139 Å². The number of aliphatic hydroxyl groups is 1. The number of piperidine rings is 1. The van der Waals surface area contributed by atoms with Crippen LogP contribution in [0, 0.1) is 12.7 Å². The van der Waals surface area contributed by atoms with Gasteiger partial charge in [-0.3, -0.25) is 4.90 Å². The number of ether oxygens (including phenoxy) is 1. The lowest BCUT2D eigenvalue weighted by Gasteiger charge is -2.34. The summed E-state index contributed by atoms with van der Waals surface area (Å²) in [6, 6.07) is 3.69. The molecule has 3 nitrogen and oxygen atoms in total. The van der Waals surface area contributed by atoms with Crippen LogP contribution in [0.1, 0.15) is 50.2 Å². The normalized spacial score (nSPS) is 19.0. The summed E-state index contributed by atoms with van der Waals surface area (Å²) in [5.74, 6) is 0.456. The van der Waals surface area contributed by atoms with Crippen molar-refractivity contribution in [3.8, 4) is 5.75 Å². The van der Waals surface area contributed by atoms with Gasteiger partial charge in [0.2, 0.25) is 0 Å². The number of aryl methyl sites for hydroxylation is 1. The summed E-state index contributed by atoms with van der Waals surface area (Å²) < 4.78 is 20.0. The zero-order valence-electron chi connectivity index (χ0n) is 14.5. The van der Waals surface area contributed by atoms with Crippen molar-refractivity contribution < 1.29 is 14.2 Å². The van der Waals surface area contributed by atoms with Crippen molar-refractivity contribution in [1.29, 1.82) is 0 Å². The molecule has 130 valence electrons. The van der Waals surface area contributed by atoms with Gasteiger partial charge in [0.25, 0.3) is 0 Å². The molecule has 1 N–H and O–H groups in total. The summed E-state index contributed by atoms with van der Waals surface area (Å²) in [6.45, 7) is 6.71. The fraction of sp³-hybridized carbons (Fsp3) is 0.684. The van der Waals surface area contributed by atoms with Gasteiger partial charge in [-0.05, 0) is 56.3 Å². The van der Waals surface area contributed by atoms with Gasteiger partial charge in [0.1, 0.15) is 11.6 Å². The first-order chi connectivity index (χ1) is 11.2. The molecule has 0 aromatic heterocycles. The molecule has 0 unspecified atom stereocenters. The van der Waals surface area contributed by atoms with Crippen LogP contribution < -0.4 is 4.74 Å². The highest BCUT2D eigenvalue weighted by molar-refractivity contribution is 5.36. The van der Waals surface area contributed by atoms with Crippen molar-refractivity contribution in [2.75, 3.05) is 26.3 Å². The zero-order valence-corrected chi connectivity index (χ0v) is 14.5. The number of benzene rings is 1. The molecular formula is C19H30FNO2. The molecule has 1 aromatic rings. The van der Waals surface area contributed by atoms with Crippen LogP contribution in [0.3, 0.4) is 0 Å². The maximum absolute atomic E-state index is 14.4. The minimum Gasteiger partial charge on any atom is -0.493 e. The quantitative estimate of drug-likeness (QED) is 0.740. The van der Waals surface area contributed by atoms with Crippen LogP contribution in [-0.2, 0) is 6.42 Å². The van der Waals surface area contributed by atoms with Crippen LogP contribution >= 0.6 is 0 Å². The Morgan fingerprint density at radius 2 is 2.17 bits per heavy atom. The number of hydrogen-bond donors (Lipinski definition) is 1. The summed E-state index contributed by atoms with van der Waals surface area (Å²) in [5.41, 5.74) is 1.73. The van der Waals surface area contributed by atoms with Gasteiger partial charge in [-0.25, -0.2) is 4.39 Å². The molecule has 0 aliphatic carbocycles. The fourth-order valence-corrected chi connectivity index (χ4v) is 3.29. The summed E-state index contributed by atoms with van der Waals surface area (Å²) in [7, 11) is 0. The van der Waals surface area contributed by atoms with E-state index in [1.54, 1.807) is 0 Å². The summed E-state index contributed by atoms with van der Waals surface area (Å²) >= 11 is 0. The molecule has 1 aromatic carbocycles. The van der Waals surface area contributed by atoms with E-state index < -0.39 is 0 Å². The summed E-state index contributed by atoms with van der Waals surface area (Å²) in [6.07, 6.45) is 6.13. The van der Waals surface area contributed by atoms with E-state index in [1.165, 1.54) is 18.9 Å². The van der Waals surface area contributed by atoms with Gasteiger partial charge in [0, 0.05) is 18.7 Å². The Morgan fingerprint density at radius 3 is 2.87 bits per heavy atom. The molecule has 1 fully saturated rings. The van der Waals surface area contributed by atoms with E-state index in [9.17, 15) is 9.50 Å². The fourth-order valence-electron chi connectivity index (χ4n) is 3.29. The van der Waals surface area contributed by atoms with E-state index in [0.29, 0.717) is 18.8 Å². The number of aliphatic hydroxyl groups excluding tert-OH is 1. The molecule has 0 spiro atoms. The Hall–Kier alpha value is -1.13. The van der Waals surface area contributed by atoms with E-state index in [4.69, 9.17) is 4.74 Å². The van der Waals surface area contributed by atoms with Gasteiger partial charge < -0.3 is 9.84 Å². The molecule has 1 aliphatic rings. The topological polar surface area (TPSA) is 32.7 Å². The van der Waals surface area contributed by atoms with Gasteiger partial charge >= 0.3 is 0 Å². The second-order valence-corrected chi connectivity index (χ2v) is 6.52. The summed E-state index contributed by atoms with van der Waals surface area (Å²) in [4.78, 5) is 2.30. The van der Waals surface area contributed by atoms with E-state index in [1.807, 2.05) is 13.0 Å². The first kappa shape index (κ1) is 18.2. The number of halogens is 1. The second-order valence-electron chi connectivity index (χ2n) is 6.52. The lowest BCUT2D eigenvalue weighted by atomic mass is 10.00. The van der Waals surface area contributed by atoms with Crippen molar-refractivity contribution in [2.24, 2.45) is 0 Å². The predicted molar refractivity (Wildman–Crippen MR) is 91.5 cm³/mol. The molecule has 4 heteroatoms. The molecule has 0 amide bonds. The lowest BCUT2D eigenvalue weighted by molar-refractivity contribution is 0.0911. The molecule has 23 heavy (non-hydrogen) atoms. The molecule has 0 bridgehead atoms. The van der Waals surface area contributed by atoms with Crippen LogP contribution in [0.4, 0.5) is 4.39 Å². The molecule has 2 rings (SSSR count). The van der Waals surface area contributed by atoms with Gasteiger partial charge in [-0.2, -0.15) is 0 Å². The second kappa shape index (κ2) is 9.24. The monoisotopic (exact) mass is 323 g/mol. The highest BCUT2D eigenvalue weighted by atomic mass is 19.1. The lowest BCUT2D eigenvalue weighted by Crippen LogP contribution is -2.42. The molecule has 0 radical (unpaired) electrons. The Balaban J connectivity index is 1.96. The van der Waals surface area contributed by atoms with Crippen molar-refractivity contribution in [1.82, 2.24) is 4.90 Å². The van der Waals surface area contributed by atoms with Gasteiger partial charge in [0.05, 0.1) is 13.2 Å².